The molecule has 0 N–H and O–H groups in total. The van der Waals surface area contributed by atoms with Gasteiger partial charge in [-0.05, 0) is 59.6 Å². The van der Waals surface area contributed by atoms with Crippen molar-refractivity contribution >= 4 is 10.0 Å². The van der Waals surface area contributed by atoms with E-state index in [-0.39, 0.29) is 12.4 Å². The molecule has 6 nitrogen and oxygen atoms in total. The summed E-state index contributed by atoms with van der Waals surface area (Å²) in [6.07, 6.45) is 0. The molecule has 30 heavy (non-hydrogen) atoms. The zero-order chi connectivity index (χ0) is 22.3. The van der Waals surface area contributed by atoms with Crippen molar-refractivity contribution in [3.63, 3.8) is 0 Å². The first-order valence-electron chi connectivity index (χ1n) is 9.90. The molecule has 1 heterocycles. The fourth-order valence-corrected chi connectivity index (χ4v) is 5.78. The molecule has 0 fully saturated rings. The van der Waals surface area contributed by atoms with E-state index in [1.807, 2.05) is 84.9 Å². The van der Waals surface area contributed by atoms with Crippen LogP contribution >= 0.6 is 0 Å². The fourth-order valence-electron chi connectivity index (χ4n) is 3.63. The standard InChI is InChI=1S/C23H29N3O3S/c1-15-8-10-19(11-9-15)22-24-20(29-25-22)14-26(23(5,6)7)30(27,28)21-17(3)12-16(2)13-18(21)4/h8-13H,14H2,1-7H3. The number of nitrogens with zero attached hydrogens (tertiary/aromatic N) is 3. The van der Waals surface area contributed by atoms with E-state index >= 15 is 0 Å². The largest absolute Gasteiger partial charge is 0.338 e. The van der Waals surface area contributed by atoms with Crippen LogP contribution in [0.4, 0.5) is 0 Å². The Morgan fingerprint density at radius 2 is 1.50 bits per heavy atom. The molecule has 0 aliphatic carbocycles. The zero-order valence-electron chi connectivity index (χ0n) is 18.6. The average molecular weight is 428 g/mol. The molecule has 0 amide bonds. The number of rotatable bonds is 5. The highest BCUT2D eigenvalue weighted by atomic mass is 32.2. The molecule has 0 spiro atoms. The molecule has 0 unspecified atom stereocenters. The lowest BCUT2D eigenvalue weighted by atomic mass is 10.1. The van der Waals surface area contributed by atoms with Crippen molar-refractivity contribution in [2.75, 3.05) is 0 Å². The molecule has 3 rings (SSSR count). The lowest BCUT2D eigenvalue weighted by molar-refractivity contribution is 0.214. The highest BCUT2D eigenvalue weighted by molar-refractivity contribution is 7.89. The molecule has 0 aliphatic heterocycles. The van der Waals surface area contributed by atoms with Crippen LogP contribution in [0.25, 0.3) is 11.4 Å². The van der Waals surface area contributed by atoms with Crippen molar-refractivity contribution < 1.29 is 12.9 Å². The van der Waals surface area contributed by atoms with Gasteiger partial charge in [0.25, 0.3) is 0 Å². The van der Waals surface area contributed by atoms with E-state index in [9.17, 15) is 8.42 Å². The molecule has 3 aromatic rings. The smallest absolute Gasteiger partial charge is 0.244 e. The monoisotopic (exact) mass is 427 g/mol. The Morgan fingerprint density at radius 3 is 2.03 bits per heavy atom. The van der Waals surface area contributed by atoms with Gasteiger partial charge < -0.3 is 4.52 Å². The van der Waals surface area contributed by atoms with Gasteiger partial charge in [0.1, 0.15) is 0 Å². The van der Waals surface area contributed by atoms with Crippen LogP contribution in [-0.4, -0.2) is 28.4 Å². The van der Waals surface area contributed by atoms with E-state index < -0.39 is 15.6 Å². The molecule has 2 aromatic carbocycles. The number of aryl methyl sites for hydroxylation is 4. The van der Waals surface area contributed by atoms with Gasteiger partial charge >= 0.3 is 0 Å². The van der Waals surface area contributed by atoms with Crippen LogP contribution in [0, 0.1) is 27.7 Å². The first-order chi connectivity index (χ1) is 13.9. The molecule has 0 radical (unpaired) electrons. The van der Waals surface area contributed by atoms with E-state index in [4.69, 9.17) is 4.52 Å². The third-order valence-corrected chi connectivity index (χ3v) is 7.37. The van der Waals surface area contributed by atoms with Crippen LogP contribution in [0.15, 0.2) is 45.8 Å². The van der Waals surface area contributed by atoms with E-state index in [0.717, 1.165) is 27.8 Å². The Balaban J connectivity index is 2.00. The van der Waals surface area contributed by atoms with Crippen molar-refractivity contribution in [1.82, 2.24) is 14.4 Å². The van der Waals surface area contributed by atoms with E-state index in [1.54, 1.807) is 0 Å². The Morgan fingerprint density at radius 1 is 0.933 bits per heavy atom. The Labute approximate surface area is 179 Å². The molecule has 0 saturated carbocycles. The van der Waals surface area contributed by atoms with Crippen LogP contribution < -0.4 is 0 Å². The van der Waals surface area contributed by atoms with Gasteiger partial charge in [-0.25, -0.2) is 8.42 Å². The lowest BCUT2D eigenvalue weighted by Gasteiger charge is -2.34. The minimum Gasteiger partial charge on any atom is -0.338 e. The van der Waals surface area contributed by atoms with Crippen LogP contribution in [-0.2, 0) is 16.6 Å². The predicted molar refractivity (Wildman–Crippen MR) is 118 cm³/mol. The van der Waals surface area contributed by atoms with Gasteiger partial charge in [0.05, 0.1) is 11.4 Å². The van der Waals surface area contributed by atoms with Crippen molar-refractivity contribution in [2.24, 2.45) is 0 Å². The van der Waals surface area contributed by atoms with Crippen molar-refractivity contribution in [3.8, 4) is 11.4 Å². The minimum absolute atomic E-state index is 0.00253. The number of aromatic nitrogens is 2. The van der Waals surface area contributed by atoms with Gasteiger partial charge in [-0.2, -0.15) is 9.29 Å². The molecule has 0 atom stereocenters. The summed E-state index contributed by atoms with van der Waals surface area (Å²) in [4.78, 5) is 4.78. The molecule has 0 aliphatic rings. The maximum absolute atomic E-state index is 13.7. The summed E-state index contributed by atoms with van der Waals surface area (Å²) in [5.41, 5.74) is 3.77. The molecule has 160 valence electrons. The highest BCUT2D eigenvalue weighted by Crippen LogP contribution is 2.31. The van der Waals surface area contributed by atoms with Gasteiger partial charge in [0.2, 0.25) is 21.7 Å². The number of sulfonamides is 1. The van der Waals surface area contributed by atoms with Gasteiger partial charge in [-0.3, -0.25) is 0 Å². The molecule has 0 saturated heterocycles. The summed E-state index contributed by atoms with van der Waals surface area (Å²) in [6, 6.07) is 11.6. The Hall–Kier alpha value is -2.51. The molecular weight excluding hydrogens is 398 g/mol. The van der Waals surface area contributed by atoms with E-state index in [2.05, 4.69) is 10.1 Å². The van der Waals surface area contributed by atoms with Crippen molar-refractivity contribution in [1.29, 1.82) is 0 Å². The normalized spacial score (nSPS) is 12.5. The third-order valence-electron chi connectivity index (χ3n) is 4.96. The lowest BCUT2D eigenvalue weighted by Crippen LogP contribution is -2.45. The Kier molecular flexibility index (Phi) is 5.89. The average Bonchev–Trinajstić information content (AvgIpc) is 3.06. The van der Waals surface area contributed by atoms with Gasteiger partial charge in [-0.1, -0.05) is 52.7 Å². The van der Waals surface area contributed by atoms with Crippen LogP contribution in [0.3, 0.4) is 0 Å². The zero-order valence-corrected chi connectivity index (χ0v) is 19.5. The van der Waals surface area contributed by atoms with Crippen LogP contribution in [0.1, 0.15) is 48.9 Å². The molecule has 7 heteroatoms. The molecule has 1 aromatic heterocycles. The summed E-state index contributed by atoms with van der Waals surface area (Å²) in [6.45, 7) is 13.2. The second kappa shape index (κ2) is 7.96. The third kappa shape index (κ3) is 4.47. The van der Waals surface area contributed by atoms with E-state index in [0.29, 0.717) is 10.7 Å². The second-order valence-electron chi connectivity index (χ2n) is 8.79. The van der Waals surface area contributed by atoms with E-state index in [1.165, 1.54) is 4.31 Å². The quantitative estimate of drug-likeness (QED) is 0.575. The van der Waals surface area contributed by atoms with Gasteiger partial charge in [-0.15, -0.1) is 0 Å². The summed E-state index contributed by atoms with van der Waals surface area (Å²) in [7, 11) is -3.79. The first kappa shape index (κ1) is 22.2. The summed E-state index contributed by atoms with van der Waals surface area (Å²) in [5, 5.41) is 4.05. The number of hydrogen-bond donors (Lipinski definition) is 0. The summed E-state index contributed by atoms with van der Waals surface area (Å²) in [5.74, 6) is 0.699. The minimum atomic E-state index is -3.79. The molecular formula is C23H29N3O3S. The second-order valence-corrected chi connectivity index (χ2v) is 10.6. The fraction of sp³-hybridized carbons (Fsp3) is 0.391. The van der Waals surface area contributed by atoms with Gasteiger partial charge in [0.15, 0.2) is 0 Å². The predicted octanol–water partition coefficient (Wildman–Crippen LogP) is 4.96. The number of benzene rings is 2. The number of hydrogen-bond acceptors (Lipinski definition) is 5. The SMILES string of the molecule is Cc1ccc(-c2noc(CN(C(C)(C)C)S(=O)(=O)c3c(C)cc(C)cc3C)n2)cc1. The van der Waals surface area contributed by atoms with Crippen LogP contribution in [0.5, 0.6) is 0 Å². The molecule has 0 bridgehead atoms. The van der Waals surface area contributed by atoms with Crippen LogP contribution in [0.2, 0.25) is 0 Å². The van der Waals surface area contributed by atoms with Crippen molar-refractivity contribution in [3.05, 3.63) is 64.5 Å². The van der Waals surface area contributed by atoms with Gasteiger partial charge in [0, 0.05) is 11.1 Å². The Bertz CT molecular complexity index is 1130. The first-order valence-corrected chi connectivity index (χ1v) is 11.3. The maximum Gasteiger partial charge on any atom is 0.244 e. The summed E-state index contributed by atoms with van der Waals surface area (Å²) < 4.78 is 34.2. The van der Waals surface area contributed by atoms with Crippen molar-refractivity contribution in [2.45, 2.75) is 65.4 Å². The highest BCUT2D eigenvalue weighted by Gasteiger charge is 2.37. The summed E-state index contributed by atoms with van der Waals surface area (Å²) >= 11 is 0. The maximum atomic E-state index is 13.7. The topological polar surface area (TPSA) is 76.3 Å².